The van der Waals surface area contributed by atoms with Crippen molar-refractivity contribution in [1.29, 1.82) is 0 Å². The maximum atomic E-state index is 13.1. The lowest BCUT2D eigenvalue weighted by Crippen LogP contribution is -2.35. The smallest absolute Gasteiger partial charge is 0.264 e. The summed E-state index contributed by atoms with van der Waals surface area (Å²) in [6, 6.07) is 23.0. The minimum Gasteiger partial charge on any atom is -0.305 e. The van der Waals surface area contributed by atoms with Gasteiger partial charge in [0.1, 0.15) is 0 Å². The Morgan fingerprint density at radius 3 is 2.24 bits per heavy atom. The summed E-state index contributed by atoms with van der Waals surface area (Å²) in [6.07, 6.45) is 0.831. The minimum atomic E-state index is -3.65. The van der Waals surface area contributed by atoms with Crippen molar-refractivity contribution in [2.24, 2.45) is 0 Å². The van der Waals surface area contributed by atoms with Gasteiger partial charge in [-0.05, 0) is 61.4 Å². The second kappa shape index (κ2) is 7.37. The van der Waals surface area contributed by atoms with Crippen LogP contribution in [-0.4, -0.2) is 27.4 Å². The molecule has 0 fully saturated rings. The summed E-state index contributed by atoms with van der Waals surface area (Å²) >= 11 is 0. The Labute approximate surface area is 171 Å². The second-order valence-electron chi connectivity index (χ2n) is 7.19. The average molecular weight is 407 g/mol. The molecule has 148 valence electrons. The Balaban J connectivity index is 1.59. The predicted molar refractivity (Wildman–Crippen MR) is 115 cm³/mol. The standard InChI is InChI=1S/C23H22N2O3S/c1-17-16-19-8-6-7-11-22(19)25(17)23(26)18-12-14-20(15-13-18)24(2)29(27,28)21-9-4-3-5-10-21/h3-15,17H,16H2,1-2H3. The van der Waals surface area contributed by atoms with Gasteiger partial charge in [-0.25, -0.2) is 8.42 Å². The van der Waals surface area contributed by atoms with Crippen LogP contribution in [-0.2, 0) is 16.4 Å². The van der Waals surface area contributed by atoms with Crippen LogP contribution in [0.3, 0.4) is 0 Å². The molecule has 0 N–H and O–H groups in total. The molecular formula is C23H22N2O3S. The van der Waals surface area contributed by atoms with E-state index in [9.17, 15) is 13.2 Å². The van der Waals surface area contributed by atoms with Crippen molar-refractivity contribution in [2.45, 2.75) is 24.3 Å². The van der Waals surface area contributed by atoms with Gasteiger partial charge in [-0.1, -0.05) is 36.4 Å². The molecule has 1 aliphatic rings. The van der Waals surface area contributed by atoms with Gasteiger partial charge in [0, 0.05) is 24.3 Å². The Kier molecular flexibility index (Phi) is 4.88. The number of amides is 1. The zero-order valence-corrected chi connectivity index (χ0v) is 17.1. The highest BCUT2D eigenvalue weighted by Gasteiger charge is 2.31. The highest BCUT2D eigenvalue weighted by molar-refractivity contribution is 7.92. The van der Waals surface area contributed by atoms with Crippen molar-refractivity contribution >= 4 is 27.3 Å². The van der Waals surface area contributed by atoms with Crippen molar-refractivity contribution in [3.8, 4) is 0 Å². The third kappa shape index (κ3) is 3.40. The van der Waals surface area contributed by atoms with Gasteiger partial charge >= 0.3 is 0 Å². The number of sulfonamides is 1. The van der Waals surface area contributed by atoms with E-state index in [1.165, 1.54) is 16.9 Å². The highest BCUT2D eigenvalue weighted by atomic mass is 32.2. The van der Waals surface area contributed by atoms with Crippen LogP contribution in [0.2, 0.25) is 0 Å². The van der Waals surface area contributed by atoms with Gasteiger partial charge in [-0.3, -0.25) is 9.10 Å². The van der Waals surface area contributed by atoms with E-state index in [2.05, 4.69) is 0 Å². The first kappa shape index (κ1) is 19.2. The van der Waals surface area contributed by atoms with Crippen molar-refractivity contribution in [1.82, 2.24) is 0 Å². The van der Waals surface area contributed by atoms with E-state index in [-0.39, 0.29) is 16.8 Å². The van der Waals surface area contributed by atoms with Crippen molar-refractivity contribution in [2.75, 3.05) is 16.3 Å². The first-order chi connectivity index (χ1) is 13.9. The summed E-state index contributed by atoms with van der Waals surface area (Å²) in [5.74, 6) is -0.0810. The normalized spacial score (nSPS) is 15.8. The molecular weight excluding hydrogens is 384 g/mol. The summed E-state index contributed by atoms with van der Waals surface area (Å²) < 4.78 is 26.8. The van der Waals surface area contributed by atoms with E-state index >= 15 is 0 Å². The van der Waals surface area contributed by atoms with Crippen LogP contribution < -0.4 is 9.21 Å². The summed E-state index contributed by atoms with van der Waals surface area (Å²) in [5, 5.41) is 0. The van der Waals surface area contributed by atoms with E-state index in [1.807, 2.05) is 36.1 Å². The Morgan fingerprint density at radius 2 is 1.55 bits per heavy atom. The molecule has 1 unspecified atom stereocenters. The zero-order chi connectivity index (χ0) is 20.6. The van der Waals surface area contributed by atoms with Crippen LogP contribution in [0.1, 0.15) is 22.8 Å². The molecule has 6 heteroatoms. The second-order valence-corrected chi connectivity index (χ2v) is 9.16. The van der Waals surface area contributed by atoms with Crippen LogP contribution >= 0.6 is 0 Å². The quantitative estimate of drug-likeness (QED) is 0.655. The van der Waals surface area contributed by atoms with Gasteiger partial charge < -0.3 is 4.90 Å². The molecule has 5 nitrogen and oxygen atoms in total. The van der Waals surface area contributed by atoms with Crippen molar-refractivity contribution in [3.05, 3.63) is 90.0 Å². The third-order valence-corrected chi connectivity index (χ3v) is 7.11. The van der Waals surface area contributed by atoms with Gasteiger partial charge in [-0.2, -0.15) is 0 Å². The molecule has 0 saturated heterocycles. The summed E-state index contributed by atoms with van der Waals surface area (Å²) in [5.41, 5.74) is 3.14. The van der Waals surface area contributed by atoms with Crippen LogP contribution in [0.15, 0.2) is 83.8 Å². The first-order valence-corrected chi connectivity index (χ1v) is 10.9. The summed E-state index contributed by atoms with van der Waals surface area (Å²) in [7, 11) is -2.14. The van der Waals surface area contributed by atoms with Crippen molar-refractivity contribution in [3.63, 3.8) is 0 Å². The molecule has 0 aromatic heterocycles. The van der Waals surface area contributed by atoms with Crippen LogP contribution in [0.25, 0.3) is 0 Å². The number of carbonyl (C=O) groups excluding carboxylic acids is 1. The molecule has 0 bridgehead atoms. The van der Waals surface area contributed by atoms with Gasteiger partial charge in [0.05, 0.1) is 10.6 Å². The largest absolute Gasteiger partial charge is 0.305 e. The first-order valence-electron chi connectivity index (χ1n) is 9.45. The molecule has 0 saturated carbocycles. The molecule has 1 atom stereocenters. The van der Waals surface area contributed by atoms with Gasteiger partial charge in [-0.15, -0.1) is 0 Å². The Hall–Kier alpha value is -3.12. The third-order valence-electron chi connectivity index (χ3n) is 5.31. The summed E-state index contributed by atoms with van der Waals surface area (Å²) in [6.45, 7) is 2.03. The lowest BCUT2D eigenvalue weighted by atomic mass is 10.1. The zero-order valence-electron chi connectivity index (χ0n) is 16.3. The number of hydrogen-bond acceptors (Lipinski definition) is 3. The topological polar surface area (TPSA) is 57.7 Å². The molecule has 0 aliphatic carbocycles. The molecule has 4 rings (SSSR count). The Morgan fingerprint density at radius 1 is 0.931 bits per heavy atom. The molecule has 1 heterocycles. The number of rotatable bonds is 4. The van der Waals surface area contributed by atoms with Gasteiger partial charge in [0.15, 0.2) is 0 Å². The molecule has 1 aliphatic heterocycles. The number of nitrogens with zero attached hydrogens (tertiary/aromatic N) is 2. The fourth-order valence-corrected chi connectivity index (χ4v) is 4.93. The maximum Gasteiger partial charge on any atom is 0.264 e. The fraction of sp³-hybridized carbons (Fsp3) is 0.174. The van der Waals surface area contributed by atoms with Crippen LogP contribution in [0, 0.1) is 0 Å². The number of para-hydroxylation sites is 1. The highest BCUT2D eigenvalue weighted by Crippen LogP contribution is 2.33. The van der Waals surface area contributed by atoms with E-state index < -0.39 is 10.0 Å². The molecule has 0 radical (unpaired) electrons. The maximum absolute atomic E-state index is 13.1. The lowest BCUT2D eigenvalue weighted by Gasteiger charge is -2.23. The van der Waals surface area contributed by atoms with Gasteiger partial charge in [0.2, 0.25) is 0 Å². The van der Waals surface area contributed by atoms with E-state index in [0.717, 1.165) is 12.1 Å². The number of carbonyl (C=O) groups is 1. The van der Waals surface area contributed by atoms with E-state index in [1.54, 1.807) is 54.6 Å². The van der Waals surface area contributed by atoms with Crippen molar-refractivity contribution < 1.29 is 13.2 Å². The number of benzene rings is 3. The fourth-order valence-electron chi connectivity index (χ4n) is 3.72. The van der Waals surface area contributed by atoms with Crippen LogP contribution in [0.4, 0.5) is 11.4 Å². The molecule has 1 amide bonds. The Bertz CT molecular complexity index is 1140. The van der Waals surface area contributed by atoms with Crippen LogP contribution in [0.5, 0.6) is 0 Å². The number of hydrogen-bond donors (Lipinski definition) is 0. The monoisotopic (exact) mass is 406 g/mol. The SMILES string of the molecule is CC1Cc2ccccc2N1C(=O)c1ccc(N(C)S(=O)(=O)c2ccccc2)cc1. The number of anilines is 2. The minimum absolute atomic E-state index is 0.0810. The molecule has 3 aromatic rings. The molecule has 3 aromatic carbocycles. The predicted octanol–water partition coefficient (Wildman–Crippen LogP) is 4.10. The summed E-state index contributed by atoms with van der Waals surface area (Å²) in [4.78, 5) is 15.2. The van der Waals surface area contributed by atoms with E-state index in [4.69, 9.17) is 0 Å². The van der Waals surface area contributed by atoms with Gasteiger partial charge in [0.25, 0.3) is 15.9 Å². The lowest BCUT2D eigenvalue weighted by molar-refractivity contribution is 0.0981. The molecule has 0 spiro atoms. The average Bonchev–Trinajstić information content (AvgIpc) is 3.09. The molecule has 29 heavy (non-hydrogen) atoms. The van der Waals surface area contributed by atoms with E-state index in [0.29, 0.717) is 11.3 Å². The number of fused-ring (bicyclic) bond motifs is 1.